The van der Waals surface area contributed by atoms with Gasteiger partial charge in [0.05, 0.1) is 12.3 Å². The van der Waals surface area contributed by atoms with Crippen molar-refractivity contribution < 1.29 is 9.53 Å². The summed E-state index contributed by atoms with van der Waals surface area (Å²) in [6, 6.07) is 8.02. The molecule has 0 bridgehead atoms. The van der Waals surface area contributed by atoms with Crippen LogP contribution in [0, 0.1) is 6.92 Å². The highest BCUT2D eigenvalue weighted by molar-refractivity contribution is 5.90. The number of anilines is 1. The number of hydrogen-bond acceptors (Lipinski definition) is 4. The van der Waals surface area contributed by atoms with Gasteiger partial charge in [-0.2, -0.15) is 5.10 Å². The fraction of sp³-hybridized carbons (Fsp3) is 0.375. The van der Waals surface area contributed by atoms with E-state index in [2.05, 4.69) is 18.1 Å². The van der Waals surface area contributed by atoms with Crippen LogP contribution in [-0.4, -0.2) is 22.4 Å². The molecule has 0 saturated carbocycles. The lowest BCUT2D eigenvalue weighted by molar-refractivity contribution is 0.0518. The quantitative estimate of drug-likeness (QED) is 0.858. The molecule has 1 aromatic carbocycles. The van der Waals surface area contributed by atoms with E-state index >= 15 is 0 Å². The van der Waals surface area contributed by atoms with Gasteiger partial charge in [0, 0.05) is 5.56 Å². The van der Waals surface area contributed by atoms with Crippen LogP contribution >= 0.6 is 0 Å². The van der Waals surface area contributed by atoms with E-state index < -0.39 is 5.97 Å². The third kappa shape index (κ3) is 3.07. The van der Waals surface area contributed by atoms with Crippen LogP contribution in [0.25, 0.3) is 5.69 Å². The summed E-state index contributed by atoms with van der Waals surface area (Å²) in [5, 5.41) is 4.32. The molecule has 0 unspecified atom stereocenters. The second kappa shape index (κ2) is 6.43. The van der Waals surface area contributed by atoms with Crippen LogP contribution in [0.15, 0.2) is 24.3 Å². The van der Waals surface area contributed by atoms with E-state index in [1.54, 1.807) is 18.5 Å². The molecule has 2 N–H and O–H groups in total. The van der Waals surface area contributed by atoms with Crippen molar-refractivity contribution in [2.45, 2.75) is 33.6 Å². The van der Waals surface area contributed by atoms with Crippen molar-refractivity contribution in [3.8, 4) is 5.69 Å². The van der Waals surface area contributed by atoms with Crippen molar-refractivity contribution in [3.05, 3.63) is 41.1 Å². The van der Waals surface area contributed by atoms with E-state index in [9.17, 15) is 4.79 Å². The van der Waals surface area contributed by atoms with Crippen LogP contribution in [0.2, 0.25) is 0 Å². The average molecular weight is 287 g/mol. The lowest BCUT2D eigenvalue weighted by atomic mass is 10.1. The highest BCUT2D eigenvalue weighted by atomic mass is 16.5. The van der Waals surface area contributed by atoms with Gasteiger partial charge in [-0.25, -0.2) is 9.48 Å². The standard InChI is InChI=1S/C16H21N3O2/c1-4-7-12-8-6-9-13(10-12)19-15(17)11(3)14(18-19)16(20)21-5-2/h6,8-10H,4-5,7,17H2,1-3H3. The van der Waals surface area contributed by atoms with Gasteiger partial charge >= 0.3 is 5.97 Å². The topological polar surface area (TPSA) is 70.1 Å². The third-order valence-corrected chi connectivity index (χ3v) is 3.33. The molecule has 0 spiro atoms. The molecule has 0 saturated heterocycles. The molecule has 0 aliphatic rings. The van der Waals surface area contributed by atoms with Crippen LogP contribution in [0.3, 0.4) is 0 Å². The summed E-state index contributed by atoms with van der Waals surface area (Å²) in [4.78, 5) is 11.9. The van der Waals surface area contributed by atoms with Gasteiger partial charge in [0.2, 0.25) is 0 Å². The summed E-state index contributed by atoms with van der Waals surface area (Å²) in [5.41, 5.74) is 9.09. The van der Waals surface area contributed by atoms with Gasteiger partial charge in [0.25, 0.3) is 0 Å². The molecule has 0 atom stereocenters. The average Bonchev–Trinajstić information content (AvgIpc) is 2.76. The number of carbonyl (C=O) groups excluding carboxylic acids is 1. The van der Waals surface area contributed by atoms with Crippen molar-refractivity contribution in [2.24, 2.45) is 0 Å². The molecule has 0 fully saturated rings. The maximum Gasteiger partial charge on any atom is 0.359 e. The summed E-state index contributed by atoms with van der Waals surface area (Å²) in [6.07, 6.45) is 2.07. The van der Waals surface area contributed by atoms with Crippen molar-refractivity contribution in [2.75, 3.05) is 12.3 Å². The molecule has 112 valence electrons. The first-order valence-corrected chi connectivity index (χ1v) is 7.20. The molecule has 0 radical (unpaired) electrons. The second-order valence-electron chi connectivity index (χ2n) is 4.91. The highest BCUT2D eigenvalue weighted by Gasteiger charge is 2.20. The Hall–Kier alpha value is -2.30. The number of nitrogens with zero attached hydrogens (tertiary/aromatic N) is 2. The van der Waals surface area contributed by atoms with Crippen LogP contribution in [-0.2, 0) is 11.2 Å². The van der Waals surface area contributed by atoms with Gasteiger partial charge in [-0.3, -0.25) is 0 Å². The molecule has 0 amide bonds. The number of rotatable bonds is 5. The second-order valence-corrected chi connectivity index (χ2v) is 4.91. The van der Waals surface area contributed by atoms with Gasteiger partial charge in [-0.05, 0) is 38.0 Å². The zero-order chi connectivity index (χ0) is 15.4. The minimum absolute atomic E-state index is 0.273. The molecule has 5 heteroatoms. The fourth-order valence-electron chi connectivity index (χ4n) is 2.23. The lowest BCUT2D eigenvalue weighted by Gasteiger charge is -2.06. The molecule has 5 nitrogen and oxygen atoms in total. The van der Waals surface area contributed by atoms with Gasteiger partial charge in [-0.15, -0.1) is 0 Å². The molecule has 2 rings (SSSR count). The highest BCUT2D eigenvalue weighted by Crippen LogP contribution is 2.22. The smallest absolute Gasteiger partial charge is 0.359 e. The maximum absolute atomic E-state index is 11.9. The van der Waals surface area contributed by atoms with E-state index in [4.69, 9.17) is 10.5 Å². The monoisotopic (exact) mass is 287 g/mol. The zero-order valence-electron chi connectivity index (χ0n) is 12.7. The Morgan fingerprint density at radius 1 is 1.38 bits per heavy atom. The summed E-state index contributed by atoms with van der Waals surface area (Å²) in [7, 11) is 0. The Labute approximate surface area is 124 Å². The molecule has 1 heterocycles. The number of nitrogens with two attached hydrogens (primary N) is 1. The summed E-state index contributed by atoms with van der Waals surface area (Å²) in [6.45, 7) is 6.00. The van der Waals surface area contributed by atoms with Gasteiger partial charge in [0.1, 0.15) is 5.82 Å². The molecule has 0 aliphatic carbocycles. The largest absolute Gasteiger partial charge is 0.461 e. The molecule has 2 aromatic rings. The van der Waals surface area contributed by atoms with E-state index in [1.165, 1.54) is 5.56 Å². The van der Waals surface area contributed by atoms with Crippen molar-refractivity contribution in [1.29, 1.82) is 0 Å². The first kappa shape index (κ1) is 15.1. The number of hydrogen-bond donors (Lipinski definition) is 1. The Morgan fingerprint density at radius 3 is 2.81 bits per heavy atom. The first-order chi connectivity index (χ1) is 10.1. The minimum Gasteiger partial charge on any atom is -0.461 e. The Kier molecular flexibility index (Phi) is 4.62. The van der Waals surface area contributed by atoms with Crippen LogP contribution in [0.4, 0.5) is 5.82 Å². The van der Waals surface area contributed by atoms with Gasteiger partial charge in [-0.1, -0.05) is 25.5 Å². The predicted octanol–water partition coefficient (Wildman–Crippen LogP) is 2.89. The number of esters is 1. The van der Waals surface area contributed by atoms with Crippen molar-refractivity contribution in [3.63, 3.8) is 0 Å². The summed E-state index contributed by atoms with van der Waals surface area (Å²) < 4.78 is 6.60. The minimum atomic E-state index is -0.440. The number of aromatic nitrogens is 2. The fourth-order valence-corrected chi connectivity index (χ4v) is 2.23. The normalized spacial score (nSPS) is 10.6. The molecular formula is C16H21N3O2. The lowest BCUT2D eigenvalue weighted by Crippen LogP contribution is -2.08. The van der Waals surface area contributed by atoms with Crippen LogP contribution in [0.1, 0.15) is 41.9 Å². The van der Waals surface area contributed by atoms with Crippen molar-refractivity contribution >= 4 is 11.8 Å². The van der Waals surface area contributed by atoms with E-state index in [0.717, 1.165) is 18.5 Å². The Bertz CT molecular complexity index is 647. The number of ether oxygens (including phenoxy) is 1. The van der Waals surface area contributed by atoms with Gasteiger partial charge in [0.15, 0.2) is 5.69 Å². The van der Waals surface area contributed by atoms with Gasteiger partial charge < -0.3 is 10.5 Å². The molecule has 0 aliphatic heterocycles. The zero-order valence-corrected chi connectivity index (χ0v) is 12.7. The molecular weight excluding hydrogens is 266 g/mol. The first-order valence-electron chi connectivity index (χ1n) is 7.20. The number of carbonyl (C=O) groups is 1. The summed E-state index contributed by atoms with van der Waals surface area (Å²) in [5.74, 6) is 0.0249. The number of aryl methyl sites for hydroxylation is 1. The Balaban J connectivity index is 2.43. The third-order valence-electron chi connectivity index (χ3n) is 3.33. The summed E-state index contributed by atoms with van der Waals surface area (Å²) >= 11 is 0. The number of nitrogen functional groups attached to an aromatic ring is 1. The van der Waals surface area contributed by atoms with Crippen LogP contribution in [0.5, 0.6) is 0 Å². The number of benzene rings is 1. The predicted molar refractivity (Wildman–Crippen MR) is 82.7 cm³/mol. The SMILES string of the molecule is CCCc1cccc(-n2nc(C(=O)OCC)c(C)c2N)c1. The maximum atomic E-state index is 11.9. The Morgan fingerprint density at radius 2 is 2.14 bits per heavy atom. The molecule has 21 heavy (non-hydrogen) atoms. The van der Waals surface area contributed by atoms with Crippen LogP contribution < -0.4 is 5.73 Å². The van der Waals surface area contributed by atoms with E-state index in [0.29, 0.717) is 18.0 Å². The van der Waals surface area contributed by atoms with E-state index in [-0.39, 0.29) is 5.69 Å². The molecule has 1 aromatic heterocycles. The van der Waals surface area contributed by atoms with Crippen molar-refractivity contribution in [1.82, 2.24) is 9.78 Å². The van der Waals surface area contributed by atoms with E-state index in [1.807, 2.05) is 18.2 Å².